The molecule has 0 bridgehead atoms. The average molecular weight is 274 g/mol. The third kappa shape index (κ3) is 3.26. The molecule has 1 aromatic carbocycles. The molecule has 0 spiro atoms. The highest BCUT2D eigenvalue weighted by atomic mass is 16.5. The van der Waals surface area contributed by atoms with Crippen molar-refractivity contribution in [3.63, 3.8) is 0 Å². The molecule has 3 heteroatoms. The molecule has 0 aromatic heterocycles. The Balaban J connectivity index is 1.67. The lowest BCUT2D eigenvalue weighted by Crippen LogP contribution is -2.36. The Morgan fingerprint density at radius 3 is 2.75 bits per heavy atom. The highest BCUT2D eigenvalue weighted by Crippen LogP contribution is 2.28. The van der Waals surface area contributed by atoms with Gasteiger partial charge in [-0.1, -0.05) is 25.8 Å². The fourth-order valence-corrected chi connectivity index (χ4v) is 3.36. The second kappa shape index (κ2) is 6.49. The van der Waals surface area contributed by atoms with Gasteiger partial charge in [0.2, 0.25) is 0 Å². The van der Waals surface area contributed by atoms with E-state index in [1.54, 1.807) is 0 Å². The van der Waals surface area contributed by atoms with Crippen molar-refractivity contribution in [2.45, 2.75) is 38.6 Å². The molecular weight excluding hydrogens is 248 g/mol. The summed E-state index contributed by atoms with van der Waals surface area (Å²) in [5.74, 6) is 0.788. The molecule has 1 heterocycles. The van der Waals surface area contributed by atoms with E-state index in [9.17, 15) is 0 Å². The summed E-state index contributed by atoms with van der Waals surface area (Å²) in [4.78, 5) is 2.42. The van der Waals surface area contributed by atoms with Crippen molar-refractivity contribution >= 4 is 11.4 Å². The number of hydrogen-bond acceptors (Lipinski definition) is 3. The first kappa shape index (κ1) is 13.7. The van der Waals surface area contributed by atoms with E-state index in [1.165, 1.54) is 37.1 Å². The maximum Gasteiger partial charge on any atom is 0.0642 e. The number of ether oxygens (including phenoxy) is 1. The van der Waals surface area contributed by atoms with Crippen LogP contribution in [0.1, 0.15) is 32.6 Å². The molecule has 1 aliphatic carbocycles. The van der Waals surface area contributed by atoms with E-state index in [-0.39, 0.29) is 0 Å². The molecule has 1 saturated carbocycles. The van der Waals surface area contributed by atoms with Crippen molar-refractivity contribution in [3.8, 4) is 0 Å². The summed E-state index contributed by atoms with van der Waals surface area (Å²) in [6, 6.07) is 9.52. The normalized spacial score (nSPS) is 27.4. The minimum absolute atomic E-state index is 0.642. The van der Waals surface area contributed by atoms with E-state index in [1.807, 2.05) is 0 Å². The van der Waals surface area contributed by atoms with Crippen LogP contribution in [-0.4, -0.2) is 32.3 Å². The van der Waals surface area contributed by atoms with Crippen molar-refractivity contribution in [2.75, 3.05) is 36.5 Å². The summed E-state index contributed by atoms with van der Waals surface area (Å²) in [6.07, 6.45) is 5.43. The molecule has 0 unspecified atom stereocenters. The molecule has 0 radical (unpaired) electrons. The Morgan fingerprint density at radius 1 is 1.15 bits per heavy atom. The van der Waals surface area contributed by atoms with Crippen LogP contribution < -0.4 is 10.2 Å². The number of nitrogens with one attached hydrogen (secondary N) is 1. The van der Waals surface area contributed by atoms with Crippen LogP contribution >= 0.6 is 0 Å². The van der Waals surface area contributed by atoms with Crippen molar-refractivity contribution in [1.29, 1.82) is 0 Å². The molecule has 1 aromatic rings. The van der Waals surface area contributed by atoms with Gasteiger partial charge >= 0.3 is 0 Å². The van der Waals surface area contributed by atoms with Gasteiger partial charge in [-0.2, -0.15) is 0 Å². The van der Waals surface area contributed by atoms with Crippen LogP contribution in [0.25, 0.3) is 0 Å². The van der Waals surface area contributed by atoms with Gasteiger partial charge in [-0.05, 0) is 37.0 Å². The number of hydrogen-bond donors (Lipinski definition) is 1. The van der Waals surface area contributed by atoms with Crippen LogP contribution in [0.4, 0.5) is 11.4 Å². The maximum absolute atomic E-state index is 5.43. The summed E-state index contributed by atoms with van der Waals surface area (Å²) in [5, 5.41) is 3.75. The van der Waals surface area contributed by atoms with E-state index >= 15 is 0 Å². The number of benzene rings is 1. The zero-order valence-corrected chi connectivity index (χ0v) is 12.5. The third-order valence-corrected chi connectivity index (χ3v) is 4.69. The summed E-state index contributed by atoms with van der Waals surface area (Å²) in [5.41, 5.74) is 2.59. The molecule has 0 amide bonds. The topological polar surface area (TPSA) is 24.5 Å². The minimum atomic E-state index is 0.642. The maximum atomic E-state index is 5.43. The van der Waals surface area contributed by atoms with Crippen LogP contribution in [0.3, 0.4) is 0 Å². The molecule has 2 aliphatic rings. The number of anilines is 2. The van der Waals surface area contributed by atoms with E-state index in [0.717, 1.165) is 32.2 Å². The van der Waals surface area contributed by atoms with Gasteiger partial charge in [-0.25, -0.2) is 0 Å². The first-order chi connectivity index (χ1) is 9.83. The summed E-state index contributed by atoms with van der Waals surface area (Å²) >= 11 is 0. The van der Waals surface area contributed by atoms with Crippen molar-refractivity contribution < 1.29 is 4.74 Å². The lowest BCUT2D eigenvalue weighted by Gasteiger charge is -2.32. The molecule has 110 valence electrons. The van der Waals surface area contributed by atoms with E-state index in [4.69, 9.17) is 4.74 Å². The first-order valence-electron chi connectivity index (χ1n) is 8.02. The van der Waals surface area contributed by atoms with Gasteiger partial charge in [-0.15, -0.1) is 0 Å². The second-order valence-corrected chi connectivity index (χ2v) is 6.16. The number of morpholine rings is 1. The molecule has 2 fully saturated rings. The van der Waals surface area contributed by atoms with Gasteiger partial charge < -0.3 is 15.0 Å². The fraction of sp³-hybridized carbons (Fsp3) is 0.647. The highest BCUT2D eigenvalue weighted by Gasteiger charge is 2.21. The Kier molecular flexibility index (Phi) is 4.46. The smallest absolute Gasteiger partial charge is 0.0642 e. The van der Waals surface area contributed by atoms with Gasteiger partial charge in [0.15, 0.2) is 0 Å². The van der Waals surface area contributed by atoms with Gasteiger partial charge in [0.1, 0.15) is 0 Å². The molecular formula is C17H26N2O. The van der Waals surface area contributed by atoms with Crippen LogP contribution in [0.15, 0.2) is 24.3 Å². The largest absolute Gasteiger partial charge is 0.382 e. The molecule has 1 N–H and O–H groups in total. The van der Waals surface area contributed by atoms with Crippen LogP contribution in [0.5, 0.6) is 0 Å². The standard InChI is InChI=1S/C17H26N2O/c1-14-5-2-3-8-17(14)18-15-6-4-7-16(13-15)19-9-11-20-12-10-19/h4,6-7,13-14,17-18H,2-3,5,8-12H2,1H3/t14-,17+/m0/s1. The van der Waals surface area contributed by atoms with Gasteiger partial charge in [0.25, 0.3) is 0 Å². The molecule has 3 nitrogen and oxygen atoms in total. The molecule has 3 rings (SSSR count). The van der Waals surface area contributed by atoms with Crippen LogP contribution in [0, 0.1) is 5.92 Å². The molecule has 20 heavy (non-hydrogen) atoms. The van der Waals surface area contributed by atoms with Crippen molar-refractivity contribution in [2.24, 2.45) is 5.92 Å². The predicted octanol–water partition coefficient (Wildman–Crippen LogP) is 3.51. The first-order valence-corrected chi connectivity index (χ1v) is 8.02. The lowest BCUT2D eigenvalue weighted by molar-refractivity contribution is 0.122. The SMILES string of the molecule is C[C@H]1CCCC[C@H]1Nc1cccc(N2CCOCC2)c1. The van der Waals surface area contributed by atoms with Crippen molar-refractivity contribution in [1.82, 2.24) is 0 Å². The summed E-state index contributed by atoms with van der Waals surface area (Å²) < 4.78 is 5.43. The quantitative estimate of drug-likeness (QED) is 0.913. The number of nitrogens with zero attached hydrogens (tertiary/aromatic N) is 1. The summed E-state index contributed by atoms with van der Waals surface area (Å²) in [7, 11) is 0. The van der Waals surface area contributed by atoms with E-state index < -0.39 is 0 Å². The fourth-order valence-electron chi connectivity index (χ4n) is 3.36. The third-order valence-electron chi connectivity index (χ3n) is 4.69. The zero-order valence-electron chi connectivity index (χ0n) is 12.5. The Morgan fingerprint density at radius 2 is 1.95 bits per heavy atom. The van der Waals surface area contributed by atoms with E-state index in [0.29, 0.717) is 6.04 Å². The van der Waals surface area contributed by atoms with Gasteiger partial charge in [0, 0.05) is 30.5 Å². The average Bonchev–Trinajstić information content (AvgIpc) is 2.51. The second-order valence-electron chi connectivity index (χ2n) is 6.16. The summed E-state index contributed by atoms with van der Waals surface area (Å²) in [6.45, 7) is 6.07. The molecule has 2 atom stereocenters. The van der Waals surface area contributed by atoms with Gasteiger partial charge in [-0.3, -0.25) is 0 Å². The zero-order chi connectivity index (χ0) is 13.8. The highest BCUT2D eigenvalue weighted by molar-refractivity contribution is 5.58. The Hall–Kier alpha value is -1.22. The molecule has 1 aliphatic heterocycles. The predicted molar refractivity (Wildman–Crippen MR) is 84.5 cm³/mol. The van der Waals surface area contributed by atoms with Crippen molar-refractivity contribution in [3.05, 3.63) is 24.3 Å². The lowest BCUT2D eigenvalue weighted by atomic mass is 9.86. The Bertz CT molecular complexity index is 429. The number of rotatable bonds is 3. The monoisotopic (exact) mass is 274 g/mol. The minimum Gasteiger partial charge on any atom is -0.382 e. The van der Waals surface area contributed by atoms with Crippen LogP contribution in [-0.2, 0) is 4.74 Å². The van der Waals surface area contributed by atoms with E-state index in [2.05, 4.69) is 41.4 Å². The Labute approximate surface area is 122 Å². The van der Waals surface area contributed by atoms with Crippen LogP contribution in [0.2, 0.25) is 0 Å². The van der Waals surface area contributed by atoms with Gasteiger partial charge in [0.05, 0.1) is 13.2 Å². The molecule has 1 saturated heterocycles.